The van der Waals surface area contributed by atoms with Crippen LogP contribution in [0.2, 0.25) is 0 Å². The van der Waals surface area contributed by atoms with E-state index in [0.29, 0.717) is 0 Å². The molecule has 0 unspecified atom stereocenters. The molecule has 10 nitrogen and oxygen atoms in total. The van der Waals surface area contributed by atoms with Crippen molar-refractivity contribution in [1.82, 2.24) is 5.32 Å². The van der Waals surface area contributed by atoms with Gasteiger partial charge in [-0.3, -0.25) is 9.35 Å². The molecule has 0 fully saturated rings. The van der Waals surface area contributed by atoms with Gasteiger partial charge >= 0.3 is 10.6 Å². The summed E-state index contributed by atoms with van der Waals surface area (Å²) in [6, 6.07) is 1.69. The number of rotatable bonds is 4. The van der Waals surface area contributed by atoms with Crippen LogP contribution in [-0.2, 0) is 25.5 Å². The van der Waals surface area contributed by atoms with Gasteiger partial charge in [-0.2, -0.15) is 13.7 Å². The Morgan fingerprint density at radius 2 is 1.58 bits per heavy atom. The van der Waals surface area contributed by atoms with Crippen molar-refractivity contribution in [2.75, 3.05) is 5.75 Å². The number of hydrogen-bond donors (Lipinski definition) is 2. The van der Waals surface area contributed by atoms with Crippen LogP contribution in [0.1, 0.15) is 13.8 Å². The normalized spacial score (nSPS) is 8.42. The average Bonchev–Trinajstić information content (AvgIpc) is 2.37. The Bertz CT molecular complexity index is 609. The van der Waals surface area contributed by atoms with E-state index < -0.39 is 37.9 Å². The number of nitriles is 1. The van der Waals surface area contributed by atoms with Gasteiger partial charge in [0.2, 0.25) is 5.91 Å². The lowest BCUT2D eigenvalue weighted by Crippen LogP contribution is -2.47. The van der Waals surface area contributed by atoms with E-state index in [-0.39, 0.29) is 5.48 Å². The highest BCUT2D eigenvalue weighted by atomic mass is 32.2. The molecular weight excluding hydrogens is 364 g/mol. The van der Waals surface area contributed by atoms with Crippen LogP contribution in [0.4, 0.5) is 0 Å². The van der Waals surface area contributed by atoms with E-state index in [9.17, 15) is 13.2 Å². The summed E-state index contributed by atoms with van der Waals surface area (Å²) in [7, 11) is -7.20. The molecule has 0 heterocycles. The third-order valence-corrected chi connectivity index (χ3v) is 2.37. The first-order valence-electron chi connectivity index (χ1n) is 5.48. The fourth-order valence-corrected chi connectivity index (χ4v) is 1.86. The molecular formula is C12H22N2O8S2. The molecule has 0 radical (unpaired) electrons. The van der Waals surface area contributed by atoms with Crippen molar-refractivity contribution in [2.45, 2.75) is 19.4 Å². The molecule has 4 N–H and O–H groups in total. The van der Waals surface area contributed by atoms with Gasteiger partial charge in [-0.15, -0.1) is 25.8 Å². The highest BCUT2D eigenvalue weighted by Crippen LogP contribution is 2.05. The van der Waals surface area contributed by atoms with Crippen LogP contribution in [0.5, 0.6) is 0 Å². The molecule has 0 aliphatic heterocycles. The van der Waals surface area contributed by atoms with Gasteiger partial charge in [-0.1, -0.05) is 13.2 Å². The SMILES string of the molecule is C=C.C=CC#N.C=CC(=O)NC(C)(C)CS(=O)(=O)O.O.O=S(=O)=O. The Kier molecular flexibility index (Phi) is 26.0. The van der Waals surface area contributed by atoms with Crippen molar-refractivity contribution >= 4 is 26.6 Å². The van der Waals surface area contributed by atoms with Crippen LogP contribution < -0.4 is 5.32 Å². The van der Waals surface area contributed by atoms with Gasteiger partial charge in [-0.05, 0) is 19.9 Å². The largest absolute Gasteiger partial charge is 0.425 e. The summed E-state index contributed by atoms with van der Waals surface area (Å²) in [6.45, 7) is 15.3. The lowest BCUT2D eigenvalue weighted by Gasteiger charge is -2.23. The zero-order valence-corrected chi connectivity index (χ0v) is 15.0. The summed E-state index contributed by atoms with van der Waals surface area (Å²) in [6.07, 6.45) is 2.21. The van der Waals surface area contributed by atoms with E-state index in [1.165, 1.54) is 19.9 Å². The number of allylic oxidation sites excluding steroid dienone is 1. The number of nitrogens with zero attached hydrogens (tertiary/aromatic N) is 1. The van der Waals surface area contributed by atoms with Crippen molar-refractivity contribution in [2.24, 2.45) is 0 Å². The molecule has 0 saturated heterocycles. The Balaban J connectivity index is -0.0000000910. The first kappa shape index (κ1) is 33.3. The molecule has 140 valence electrons. The predicted octanol–water partition coefficient (Wildman–Crippen LogP) is -0.376. The van der Waals surface area contributed by atoms with E-state index in [4.69, 9.17) is 22.4 Å². The lowest BCUT2D eigenvalue weighted by atomic mass is 10.1. The van der Waals surface area contributed by atoms with Crippen LogP contribution >= 0.6 is 0 Å². The monoisotopic (exact) mass is 386 g/mol. The molecule has 0 aromatic rings. The molecule has 0 bridgehead atoms. The second-order valence-electron chi connectivity index (χ2n) is 3.84. The highest BCUT2D eigenvalue weighted by molar-refractivity contribution is 7.85. The number of amides is 1. The highest BCUT2D eigenvalue weighted by Gasteiger charge is 2.25. The maximum absolute atomic E-state index is 10.8. The summed E-state index contributed by atoms with van der Waals surface area (Å²) in [5, 5.41) is 9.87. The standard InChI is InChI=1S/C7H13NO4S.C3H3N.C2H4.O3S.H2O/c1-4-6(9)8-7(2,3)5-13(10,11)12;1-2-3-4;1-2;1-4(2)3;/h4H,1,5H2,2-3H3,(H,8,9)(H,10,11,12);2H,1H2;1-2H2;;1H2. The van der Waals surface area contributed by atoms with Crippen molar-refractivity contribution in [3.63, 3.8) is 0 Å². The van der Waals surface area contributed by atoms with E-state index in [1.54, 1.807) is 6.07 Å². The van der Waals surface area contributed by atoms with Crippen LogP contribution in [0, 0.1) is 11.3 Å². The van der Waals surface area contributed by atoms with E-state index in [2.05, 4.69) is 31.6 Å². The number of carbonyl (C=O) groups is 1. The third-order valence-electron chi connectivity index (χ3n) is 1.28. The quantitative estimate of drug-likeness (QED) is 0.283. The van der Waals surface area contributed by atoms with Gasteiger partial charge in [0.1, 0.15) is 0 Å². The first-order chi connectivity index (χ1) is 10.3. The summed E-state index contributed by atoms with van der Waals surface area (Å²) >= 11 is 0. The fourth-order valence-electron chi connectivity index (χ4n) is 0.877. The van der Waals surface area contributed by atoms with E-state index in [0.717, 1.165) is 6.08 Å². The maximum Gasteiger partial charge on any atom is 0.425 e. The summed E-state index contributed by atoms with van der Waals surface area (Å²) in [5.41, 5.74) is -1.00. The van der Waals surface area contributed by atoms with Crippen molar-refractivity contribution in [3.05, 3.63) is 38.5 Å². The van der Waals surface area contributed by atoms with Gasteiger partial charge in [0, 0.05) is 6.08 Å². The van der Waals surface area contributed by atoms with Crippen molar-refractivity contribution < 1.29 is 35.9 Å². The average molecular weight is 386 g/mol. The van der Waals surface area contributed by atoms with Crippen LogP contribution in [0.25, 0.3) is 0 Å². The van der Waals surface area contributed by atoms with Crippen LogP contribution in [-0.4, -0.2) is 48.3 Å². The summed E-state index contributed by atoms with van der Waals surface area (Å²) in [5.74, 6) is -1.01. The minimum Gasteiger partial charge on any atom is -0.412 e. The summed E-state index contributed by atoms with van der Waals surface area (Å²) in [4.78, 5) is 10.8. The molecule has 12 heteroatoms. The summed E-state index contributed by atoms with van der Waals surface area (Å²) < 4.78 is 54.9. The minimum atomic E-state index is -4.08. The zero-order chi connectivity index (χ0) is 19.7. The zero-order valence-electron chi connectivity index (χ0n) is 13.4. The van der Waals surface area contributed by atoms with E-state index >= 15 is 0 Å². The van der Waals surface area contributed by atoms with Crippen LogP contribution in [0.3, 0.4) is 0 Å². The Morgan fingerprint density at radius 3 is 1.75 bits per heavy atom. The molecule has 0 rings (SSSR count). The molecule has 0 aromatic heterocycles. The Morgan fingerprint density at radius 1 is 1.29 bits per heavy atom. The van der Waals surface area contributed by atoms with Gasteiger partial charge < -0.3 is 10.8 Å². The van der Waals surface area contributed by atoms with Gasteiger partial charge in [-0.25, -0.2) is 0 Å². The Hall–Kier alpha value is -2.33. The number of hydrogen-bond acceptors (Lipinski definition) is 7. The predicted molar refractivity (Wildman–Crippen MR) is 89.2 cm³/mol. The smallest absolute Gasteiger partial charge is 0.412 e. The second kappa shape index (κ2) is 18.7. The molecule has 1 amide bonds. The van der Waals surface area contributed by atoms with Gasteiger partial charge in [0.25, 0.3) is 10.1 Å². The minimum absolute atomic E-state index is 0. The lowest BCUT2D eigenvalue weighted by molar-refractivity contribution is -0.117. The molecule has 0 aromatic carbocycles. The molecule has 0 aliphatic rings. The van der Waals surface area contributed by atoms with Crippen molar-refractivity contribution in [1.29, 1.82) is 5.26 Å². The molecule has 0 aliphatic carbocycles. The molecule has 0 saturated carbocycles. The maximum atomic E-state index is 10.8. The van der Waals surface area contributed by atoms with E-state index in [1.807, 2.05) is 0 Å². The third kappa shape index (κ3) is 50.3. The molecule has 0 atom stereocenters. The molecule has 24 heavy (non-hydrogen) atoms. The number of nitrogens with one attached hydrogen (secondary N) is 1. The topological polar surface area (TPSA) is 190 Å². The Labute approximate surface area is 143 Å². The van der Waals surface area contributed by atoms with Gasteiger partial charge in [0.05, 0.1) is 17.4 Å². The second-order valence-corrected chi connectivity index (χ2v) is 5.70. The fraction of sp³-hybridized carbons (Fsp3) is 0.333. The van der Waals surface area contributed by atoms with Crippen LogP contribution in [0.15, 0.2) is 38.5 Å². The van der Waals surface area contributed by atoms with Crippen molar-refractivity contribution in [3.8, 4) is 6.07 Å². The first-order valence-corrected chi connectivity index (χ1v) is 8.09. The molecule has 0 spiro atoms. The number of carbonyl (C=O) groups excluding carboxylic acids is 1. The van der Waals surface area contributed by atoms with Gasteiger partial charge in [0.15, 0.2) is 0 Å².